The van der Waals surface area contributed by atoms with Crippen LogP contribution in [0.4, 0.5) is 0 Å². The molecule has 2 aromatic heterocycles. The largest absolute Gasteiger partial charge is 0.327 e. The van der Waals surface area contributed by atoms with Gasteiger partial charge in [-0.15, -0.1) is 10.2 Å². The SMILES string of the molecule is CCC(N)Cc1nnc2nc(C)cc(C)n12. The zero-order valence-electron chi connectivity index (χ0n) is 9.94. The normalized spacial score (nSPS) is 13.2. The Bertz CT molecular complexity index is 502. The summed E-state index contributed by atoms with van der Waals surface area (Å²) in [5.41, 5.74) is 8.00. The highest BCUT2D eigenvalue weighted by atomic mass is 15.3. The zero-order chi connectivity index (χ0) is 11.7. The molecule has 2 N–H and O–H groups in total. The minimum absolute atomic E-state index is 0.133. The zero-order valence-corrected chi connectivity index (χ0v) is 9.94. The highest BCUT2D eigenvalue weighted by Gasteiger charge is 2.11. The fraction of sp³-hybridized carbons (Fsp3) is 0.545. The van der Waals surface area contributed by atoms with Crippen LogP contribution in [0.1, 0.15) is 30.6 Å². The number of hydrogen-bond acceptors (Lipinski definition) is 4. The van der Waals surface area contributed by atoms with E-state index in [1.54, 1.807) is 0 Å². The van der Waals surface area contributed by atoms with Crippen molar-refractivity contribution >= 4 is 5.78 Å². The Labute approximate surface area is 94.7 Å². The third-order valence-corrected chi connectivity index (χ3v) is 2.73. The van der Waals surface area contributed by atoms with Crippen LogP contribution in [0, 0.1) is 13.8 Å². The molecule has 0 aromatic carbocycles. The summed E-state index contributed by atoms with van der Waals surface area (Å²) in [6.07, 6.45) is 1.68. The van der Waals surface area contributed by atoms with E-state index in [-0.39, 0.29) is 6.04 Å². The predicted molar refractivity (Wildman–Crippen MR) is 62.2 cm³/mol. The second-order valence-electron chi connectivity index (χ2n) is 4.16. The monoisotopic (exact) mass is 219 g/mol. The van der Waals surface area contributed by atoms with Crippen molar-refractivity contribution in [3.8, 4) is 0 Å². The molecule has 0 radical (unpaired) electrons. The Hall–Kier alpha value is -1.49. The summed E-state index contributed by atoms with van der Waals surface area (Å²) >= 11 is 0. The van der Waals surface area contributed by atoms with Crippen LogP contribution in [0.15, 0.2) is 6.07 Å². The highest BCUT2D eigenvalue weighted by molar-refractivity contribution is 5.32. The average molecular weight is 219 g/mol. The molecule has 5 heteroatoms. The molecule has 2 heterocycles. The summed E-state index contributed by atoms with van der Waals surface area (Å²) in [6, 6.07) is 2.16. The van der Waals surface area contributed by atoms with Gasteiger partial charge in [0.25, 0.3) is 5.78 Å². The third-order valence-electron chi connectivity index (χ3n) is 2.73. The minimum atomic E-state index is 0.133. The second kappa shape index (κ2) is 4.17. The van der Waals surface area contributed by atoms with Crippen molar-refractivity contribution < 1.29 is 0 Å². The van der Waals surface area contributed by atoms with Crippen molar-refractivity contribution in [1.82, 2.24) is 19.6 Å². The highest BCUT2D eigenvalue weighted by Crippen LogP contribution is 2.09. The molecule has 0 aliphatic heterocycles. The van der Waals surface area contributed by atoms with Gasteiger partial charge in [-0.05, 0) is 26.3 Å². The standard InChI is InChI=1S/C11H17N5/c1-4-9(12)6-10-14-15-11-13-7(2)5-8(3)16(10)11/h5,9H,4,6,12H2,1-3H3. The fourth-order valence-electron chi connectivity index (χ4n) is 1.81. The van der Waals surface area contributed by atoms with Crippen LogP contribution in [-0.2, 0) is 6.42 Å². The van der Waals surface area contributed by atoms with Crippen LogP contribution < -0.4 is 5.73 Å². The van der Waals surface area contributed by atoms with Gasteiger partial charge < -0.3 is 5.73 Å². The third kappa shape index (κ3) is 1.90. The lowest BCUT2D eigenvalue weighted by Gasteiger charge is -2.08. The molecule has 0 saturated heterocycles. The van der Waals surface area contributed by atoms with Gasteiger partial charge in [-0.25, -0.2) is 4.98 Å². The Balaban J connectivity index is 2.48. The van der Waals surface area contributed by atoms with E-state index in [1.807, 2.05) is 24.3 Å². The van der Waals surface area contributed by atoms with E-state index >= 15 is 0 Å². The summed E-state index contributed by atoms with van der Waals surface area (Å²) in [7, 11) is 0. The van der Waals surface area contributed by atoms with Crippen molar-refractivity contribution in [3.63, 3.8) is 0 Å². The Morgan fingerprint density at radius 1 is 1.38 bits per heavy atom. The Kier molecular flexibility index (Phi) is 2.87. The van der Waals surface area contributed by atoms with Gasteiger partial charge in [-0.2, -0.15) is 0 Å². The summed E-state index contributed by atoms with van der Waals surface area (Å²) in [5.74, 6) is 1.56. The molecule has 0 saturated carbocycles. The molecule has 2 aromatic rings. The molecule has 0 aliphatic carbocycles. The molecular weight excluding hydrogens is 202 g/mol. The smallest absolute Gasteiger partial charge is 0.255 e. The molecule has 2 rings (SSSR count). The van der Waals surface area contributed by atoms with Crippen molar-refractivity contribution in [1.29, 1.82) is 0 Å². The first-order valence-electron chi connectivity index (χ1n) is 5.55. The number of nitrogens with zero attached hydrogens (tertiary/aromatic N) is 4. The van der Waals surface area contributed by atoms with E-state index in [4.69, 9.17) is 5.73 Å². The van der Waals surface area contributed by atoms with Gasteiger partial charge in [0.05, 0.1) is 0 Å². The average Bonchev–Trinajstić information content (AvgIpc) is 2.61. The van der Waals surface area contributed by atoms with Crippen LogP contribution in [0.3, 0.4) is 0 Å². The number of aromatic nitrogens is 4. The molecule has 16 heavy (non-hydrogen) atoms. The molecule has 5 nitrogen and oxygen atoms in total. The van der Waals surface area contributed by atoms with Crippen molar-refractivity contribution in [2.75, 3.05) is 0 Å². The molecule has 0 spiro atoms. The van der Waals surface area contributed by atoms with Crippen molar-refractivity contribution in [2.24, 2.45) is 5.73 Å². The number of nitrogens with two attached hydrogens (primary N) is 1. The quantitative estimate of drug-likeness (QED) is 0.836. The van der Waals surface area contributed by atoms with E-state index in [1.165, 1.54) is 0 Å². The first kappa shape index (κ1) is 11.0. The summed E-state index contributed by atoms with van der Waals surface area (Å²) in [6.45, 7) is 6.06. The Morgan fingerprint density at radius 3 is 2.81 bits per heavy atom. The van der Waals surface area contributed by atoms with Crippen molar-refractivity contribution in [3.05, 3.63) is 23.3 Å². The van der Waals surface area contributed by atoms with Gasteiger partial charge in [0, 0.05) is 23.9 Å². The van der Waals surface area contributed by atoms with Gasteiger partial charge in [0.15, 0.2) is 0 Å². The lowest BCUT2D eigenvalue weighted by Crippen LogP contribution is -2.23. The van der Waals surface area contributed by atoms with E-state index in [0.717, 1.165) is 30.1 Å². The van der Waals surface area contributed by atoms with Gasteiger partial charge in [-0.3, -0.25) is 4.40 Å². The first-order chi connectivity index (χ1) is 7.61. The number of rotatable bonds is 3. The lowest BCUT2D eigenvalue weighted by atomic mass is 10.1. The topological polar surface area (TPSA) is 69.1 Å². The molecule has 1 unspecified atom stereocenters. The van der Waals surface area contributed by atoms with E-state index in [9.17, 15) is 0 Å². The van der Waals surface area contributed by atoms with Gasteiger partial charge in [0.2, 0.25) is 0 Å². The molecule has 0 fully saturated rings. The molecular formula is C11H17N5. The summed E-state index contributed by atoms with van der Waals surface area (Å²) in [4.78, 5) is 4.34. The maximum atomic E-state index is 5.93. The van der Waals surface area contributed by atoms with E-state index < -0.39 is 0 Å². The van der Waals surface area contributed by atoms with E-state index in [2.05, 4.69) is 22.1 Å². The summed E-state index contributed by atoms with van der Waals surface area (Å²) < 4.78 is 1.97. The Morgan fingerprint density at radius 2 is 2.12 bits per heavy atom. The molecule has 0 amide bonds. The molecule has 86 valence electrons. The summed E-state index contributed by atoms with van der Waals surface area (Å²) in [5, 5.41) is 8.23. The maximum Gasteiger partial charge on any atom is 0.255 e. The van der Waals surface area contributed by atoms with Gasteiger partial charge in [0.1, 0.15) is 5.82 Å². The lowest BCUT2D eigenvalue weighted by molar-refractivity contribution is 0.619. The molecule has 0 bridgehead atoms. The number of hydrogen-bond donors (Lipinski definition) is 1. The van der Waals surface area contributed by atoms with E-state index in [0.29, 0.717) is 5.78 Å². The fourth-order valence-corrected chi connectivity index (χ4v) is 1.81. The van der Waals surface area contributed by atoms with Crippen LogP contribution >= 0.6 is 0 Å². The first-order valence-corrected chi connectivity index (χ1v) is 5.55. The van der Waals surface area contributed by atoms with Crippen LogP contribution in [0.5, 0.6) is 0 Å². The van der Waals surface area contributed by atoms with Gasteiger partial charge >= 0.3 is 0 Å². The number of fused-ring (bicyclic) bond motifs is 1. The number of aryl methyl sites for hydroxylation is 2. The van der Waals surface area contributed by atoms with Gasteiger partial charge in [-0.1, -0.05) is 6.92 Å². The predicted octanol–water partition coefficient (Wildman–Crippen LogP) is 1.02. The van der Waals surface area contributed by atoms with Crippen LogP contribution in [0.2, 0.25) is 0 Å². The molecule has 0 aliphatic rings. The maximum absolute atomic E-state index is 5.93. The minimum Gasteiger partial charge on any atom is -0.327 e. The van der Waals surface area contributed by atoms with Crippen LogP contribution in [-0.4, -0.2) is 25.6 Å². The second-order valence-corrected chi connectivity index (χ2v) is 4.16. The molecule has 1 atom stereocenters. The van der Waals surface area contributed by atoms with Crippen LogP contribution in [0.25, 0.3) is 5.78 Å². The van der Waals surface area contributed by atoms with Crippen molar-refractivity contribution in [2.45, 2.75) is 39.7 Å².